The number of benzene rings is 1. The number of carbonyl (C=O) groups excluding carboxylic acids is 1. The predicted octanol–water partition coefficient (Wildman–Crippen LogP) is 3.70. The van der Waals surface area contributed by atoms with Crippen molar-refractivity contribution >= 4 is 34.8 Å². The van der Waals surface area contributed by atoms with Crippen LogP contribution >= 0.6 is 23.7 Å². The zero-order valence-corrected chi connectivity index (χ0v) is 14.9. The normalized spacial score (nSPS) is 11.4. The van der Waals surface area contributed by atoms with Crippen LogP contribution in [0.4, 0.5) is 5.13 Å². The van der Waals surface area contributed by atoms with Gasteiger partial charge >= 0.3 is 0 Å². The average Bonchev–Trinajstić information content (AvgIpc) is 2.95. The van der Waals surface area contributed by atoms with E-state index in [0.29, 0.717) is 24.6 Å². The van der Waals surface area contributed by atoms with Gasteiger partial charge in [-0.3, -0.25) is 4.79 Å². The van der Waals surface area contributed by atoms with Crippen molar-refractivity contribution in [1.82, 2.24) is 4.98 Å². The van der Waals surface area contributed by atoms with Gasteiger partial charge in [-0.1, -0.05) is 0 Å². The molecule has 0 radical (unpaired) electrons. The molecule has 23 heavy (non-hydrogen) atoms. The van der Waals surface area contributed by atoms with Crippen LogP contribution in [0.5, 0.6) is 5.75 Å². The Balaban J connectivity index is 0.00000264. The van der Waals surface area contributed by atoms with Crippen molar-refractivity contribution < 1.29 is 9.53 Å². The number of aromatic nitrogens is 1. The molecule has 0 aliphatic rings. The zero-order valence-electron chi connectivity index (χ0n) is 13.2. The third-order valence-corrected chi connectivity index (χ3v) is 3.80. The van der Waals surface area contributed by atoms with Crippen LogP contribution in [0.25, 0.3) is 11.3 Å². The molecule has 1 amide bonds. The first-order valence-corrected chi connectivity index (χ1v) is 8.20. The summed E-state index contributed by atoms with van der Waals surface area (Å²) in [5.74, 6) is 0.788. The van der Waals surface area contributed by atoms with Gasteiger partial charge in [0.2, 0.25) is 5.91 Å². The number of nitrogens with zero attached hydrogens (tertiary/aromatic N) is 1. The highest BCUT2D eigenvalue weighted by molar-refractivity contribution is 7.14. The van der Waals surface area contributed by atoms with E-state index in [-0.39, 0.29) is 24.4 Å². The molecule has 1 aromatic carbocycles. The minimum atomic E-state index is -0.0510. The van der Waals surface area contributed by atoms with Crippen molar-refractivity contribution in [3.8, 4) is 17.0 Å². The number of halogens is 1. The lowest BCUT2D eigenvalue weighted by Crippen LogP contribution is -2.19. The van der Waals surface area contributed by atoms with Gasteiger partial charge in [-0.25, -0.2) is 4.98 Å². The number of rotatable bonds is 7. The highest BCUT2D eigenvalue weighted by atomic mass is 35.5. The summed E-state index contributed by atoms with van der Waals surface area (Å²) >= 11 is 1.42. The van der Waals surface area contributed by atoms with Gasteiger partial charge in [0.15, 0.2) is 5.13 Å². The van der Waals surface area contributed by atoms with Gasteiger partial charge < -0.3 is 15.8 Å². The SMILES string of the molecule is CCOc1ccc(-c2csc(NC(=O)CCC(C)N)n2)cc1.Cl. The third-order valence-electron chi connectivity index (χ3n) is 3.04. The number of ether oxygens (including phenoxy) is 1. The molecule has 0 saturated heterocycles. The van der Waals surface area contributed by atoms with E-state index in [1.54, 1.807) is 0 Å². The predicted molar refractivity (Wildman–Crippen MR) is 97.5 cm³/mol. The molecule has 1 atom stereocenters. The summed E-state index contributed by atoms with van der Waals surface area (Å²) < 4.78 is 5.42. The first-order chi connectivity index (χ1) is 10.6. The number of nitrogens with one attached hydrogen (secondary N) is 1. The molecule has 0 aliphatic carbocycles. The van der Waals surface area contributed by atoms with Crippen molar-refractivity contribution in [2.45, 2.75) is 32.7 Å². The van der Waals surface area contributed by atoms with E-state index in [1.807, 2.05) is 43.5 Å². The minimum absolute atomic E-state index is 0. The Morgan fingerprint density at radius 3 is 2.70 bits per heavy atom. The van der Waals surface area contributed by atoms with Crippen LogP contribution in [-0.4, -0.2) is 23.5 Å². The van der Waals surface area contributed by atoms with Gasteiger partial charge in [-0.05, 0) is 44.5 Å². The second kappa shape index (κ2) is 9.50. The van der Waals surface area contributed by atoms with Gasteiger partial charge in [0, 0.05) is 23.4 Å². The first kappa shape index (κ1) is 19.4. The topological polar surface area (TPSA) is 77.2 Å². The maximum atomic E-state index is 11.8. The molecule has 2 rings (SSSR count). The van der Waals surface area contributed by atoms with Crippen molar-refractivity contribution in [3.63, 3.8) is 0 Å². The summed E-state index contributed by atoms with van der Waals surface area (Å²) in [6.45, 7) is 4.49. The molecular formula is C16H22ClN3O2S. The van der Waals surface area contributed by atoms with Crippen molar-refractivity contribution in [2.24, 2.45) is 5.73 Å². The van der Waals surface area contributed by atoms with Gasteiger partial charge in [0.25, 0.3) is 0 Å². The Hall–Kier alpha value is -1.63. The average molecular weight is 356 g/mol. The summed E-state index contributed by atoms with van der Waals surface area (Å²) in [4.78, 5) is 16.2. The van der Waals surface area contributed by atoms with E-state index in [2.05, 4.69) is 10.3 Å². The summed E-state index contributed by atoms with van der Waals surface area (Å²) in [6.07, 6.45) is 1.08. The molecule has 126 valence electrons. The highest BCUT2D eigenvalue weighted by Crippen LogP contribution is 2.26. The standard InChI is InChI=1S/C16H21N3O2S.ClH/c1-3-21-13-7-5-12(6-8-13)14-10-22-16(18-14)19-15(20)9-4-11(2)17;/h5-8,10-11H,3-4,9,17H2,1-2H3,(H,18,19,20);1H. The summed E-state index contributed by atoms with van der Waals surface area (Å²) in [5.41, 5.74) is 7.48. The van der Waals surface area contributed by atoms with Crippen LogP contribution in [0.2, 0.25) is 0 Å². The van der Waals surface area contributed by atoms with E-state index >= 15 is 0 Å². The number of carbonyl (C=O) groups is 1. The Kier molecular flexibility index (Phi) is 8.02. The number of anilines is 1. The van der Waals surface area contributed by atoms with E-state index in [9.17, 15) is 4.79 Å². The first-order valence-electron chi connectivity index (χ1n) is 7.32. The van der Waals surface area contributed by atoms with E-state index < -0.39 is 0 Å². The molecule has 5 nitrogen and oxygen atoms in total. The zero-order chi connectivity index (χ0) is 15.9. The maximum Gasteiger partial charge on any atom is 0.226 e. The monoisotopic (exact) mass is 355 g/mol. The smallest absolute Gasteiger partial charge is 0.226 e. The molecule has 1 aromatic heterocycles. The summed E-state index contributed by atoms with van der Waals surface area (Å²) in [5, 5.41) is 5.34. The molecule has 0 aliphatic heterocycles. The second-order valence-corrected chi connectivity index (χ2v) is 5.92. The molecule has 1 heterocycles. The Morgan fingerprint density at radius 2 is 2.09 bits per heavy atom. The molecular weight excluding hydrogens is 334 g/mol. The minimum Gasteiger partial charge on any atom is -0.494 e. The van der Waals surface area contributed by atoms with Crippen LogP contribution in [0.15, 0.2) is 29.6 Å². The third kappa shape index (κ3) is 6.17. The number of thiazole rings is 1. The summed E-state index contributed by atoms with van der Waals surface area (Å²) in [7, 11) is 0. The Labute approximate surface area is 146 Å². The molecule has 3 N–H and O–H groups in total. The Morgan fingerprint density at radius 1 is 1.39 bits per heavy atom. The number of hydrogen-bond acceptors (Lipinski definition) is 5. The quantitative estimate of drug-likeness (QED) is 0.793. The molecule has 0 bridgehead atoms. The van der Waals surface area contributed by atoms with Crippen molar-refractivity contribution in [2.75, 3.05) is 11.9 Å². The van der Waals surface area contributed by atoms with Crippen LogP contribution in [-0.2, 0) is 4.79 Å². The molecule has 2 aromatic rings. The van der Waals surface area contributed by atoms with E-state index in [4.69, 9.17) is 10.5 Å². The molecule has 0 spiro atoms. The van der Waals surface area contributed by atoms with E-state index in [1.165, 1.54) is 11.3 Å². The van der Waals surface area contributed by atoms with Crippen LogP contribution in [0, 0.1) is 0 Å². The summed E-state index contributed by atoms with van der Waals surface area (Å²) in [6, 6.07) is 7.78. The number of nitrogens with two attached hydrogens (primary N) is 1. The Bertz CT molecular complexity index is 614. The number of hydrogen-bond donors (Lipinski definition) is 2. The molecule has 0 saturated carbocycles. The number of amides is 1. The van der Waals surface area contributed by atoms with Gasteiger partial charge in [0.1, 0.15) is 5.75 Å². The van der Waals surface area contributed by atoms with Crippen LogP contribution < -0.4 is 15.8 Å². The lowest BCUT2D eigenvalue weighted by molar-refractivity contribution is -0.116. The van der Waals surface area contributed by atoms with Gasteiger partial charge in [-0.2, -0.15) is 0 Å². The van der Waals surface area contributed by atoms with E-state index in [0.717, 1.165) is 17.0 Å². The molecule has 7 heteroatoms. The second-order valence-electron chi connectivity index (χ2n) is 5.06. The van der Waals surface area contributed by atoms with Crippen molar-refractivity contribution in [3.05, 3.63) is 29.6 Å². The van der Waals surface area contributed by atoms with Crippen LogP contribution in [0.1, 0.15) is 26.7 Å². The lowest BCUT2D eigenvalue weighted by Gasteiger charge is -2.04. The van der Waals surface area contributed by atoms with Crippen molar-refractivity contribution in [1.29, 1.82) is 0 Å². The van der Waals surface area contributed by atoms with Crippen LogP contribution in [0.3, 0.4) is 0 Å². The molecule has 0 fully saturated rings. The largest absolute Gasteiger partial charge is 0.494 e. The fourth-order valence-corrected chi connectivity index (χ4v) is 2.63. The molecule has 1 unspecified atom stereocenters. The highest BCUT2D eigenvalue weighted by Gasteiger charge is 2.09. The lowest BCUT2D eigenvalue weighted by atomic mass is 10.2. The van der Waals surface area contributed by atoms with Gasteiger partial charge in [-0.15, -0.1) is 23.7 Å². The fourth-order valence-electron chi connectivity index (χ4n) is 1.89. The van der Waals surface area contributed by atoms with Gasteiger partial charge in [0.05, 0.1) is 12.3 Å². The maximum absolute atomic E-state index is 11.8. The fraction of sp³-hybridized carbons (Fsp3) is 0.375.